The topological polar surface area (TPSA) is 50.1 Å². The number of benzene rings is 2. The monoisotopic (exact) mass is 375 g/mol. The standard InChI is InChI=1S/C20H20F3N3O/c1-13-19(14(2)26(25-13)10-11-27)17-8-3-4-9-18(17)24-16-7-5-6-15(12-16)20(21,22)23/h3-9,12,24,27H,10-11H2,1-2H3. The largest absolute Gasteiger partial charge is 0.416 e. The van der Waals surface area contributed by atoms with Gasteiger partial charge < -0.3 is 10.4 Å². The van der Waals surface area contributed by atoms with Crippen LogP contribution in [0.4, 0.5) is 24.5 Å². The van der Waals surface area contributed by atoms with Gasteiger partial charge in [0.05, 0.1) is 24.4 Å². The molecular weight excluding hydrogens is 355 g/mol. The highest BCUT2D eigenvalue weighted by Crippen LogP contribution is 2.36. The van der Waals surface area contributed by atoms with Gasteiger partial charge in [0.1, 0.15) is 0 Å². The summed E-state index contributed by atoms with van der Waals surface area (Å²) in [5.41, 5.74) is 3.77. The zero-order valence-corrected chi connectivity index (χ0v) is 15.0. The Morgan fingerprint density at radius 1 is 1.07 bits per heavy atom. The third-order valence-corrected chi connectivity index (χ3v) is 4.36. The van der Waals surface area contributed by atoms with Crippen LogP contribution in [0.5, 0.6) is 0 Å². The second-order valence-electron chi connectivity index (χ2n) is 6.24. The van der Waals surface area contributed by atoms with Gasteiger partial charge in [-0.25, -0.2) is 0 Å². The number of aliphatic hydroxyl groups excluding tert-OH is 1. The molecule has 7 heteroatoms. The zero-order valence-electron chi connectivity index (χ0n) is 15.0. The number of para-hydroxylation sites is 1. The zero-order chi connectivity index (χ0) is 19.6. The Labute approximate surface area is 155 Å². The second-order valence-corrected chi connectivity index (χ2v) is 6.24. The van der Waals surface area contributed by atoms with Gasteiger partial charge in [0.25, 0.3) is 0 Å². The quantitative estimate of drug-likeness (QED) is 0.665. The molecule has 1 heterocycles. The number of aliphatic hydroxyl groups is 1. The van der Waals surface area contributed by atoms with Crippen molar-refractivity contribution in [1.29, 1.82) is 0 Å². The number of nitrogens with zero attached hydrogens (tertiary/aromatic N) is 2. The third-order valence-electron chi connectivity index (χ3n) is 4.36. The van der Waals surface area contributed by atoms with E-state index in [1.807, 2.05) is 38.1 Å². The predicted octanol–water partition coefficient (Wildman–Crippen LogP) is 4.92. The van der Waals surface area contributed by atoms with Gasteiger partial charge in [-0.05, 0) is 38.1 Å². The molecule has 27 heavy (non-hydrogen) atoms. The number of nitrogens with one attached hydrogen (secondary N) is 1. The number of aryl methyl sites for hydroxylation is 1. The molecule has 3 aromatic rings. The minimum Gasteiger partial charge on any atom is -0.394 e. The summed E-state index contributed by atoms with van der Waals surface area (Å²) >= 11 is 0. The highest BCUT2D eigenvalue weighted by atomic mass is 19.4. The van der Waals surface area contributed by atoms with E-state index in [1.54, 1.807) is 10.7 Å². The lowest BCUT2D eigenvalue weighted by Crippen LogP contribution is -2.06. The van der Waals surface area contributed by atoms with Crippen LogP contribution in [-0.4, -0.2) is 21.5 Å². The summed E-state index contributed by atoms with van der Waals surface area (Å²) < 4.78 is 40.6. The van der Waals surface area contributed by atoms with Gasteiger partial charge >= 0.3 is 6.18 Å². The smallest absolute Gasteiger partial charge is 0.394 e. The first-order valence-corrected chi connectivity index (χ1v) is 8.50. The van der Waals surface area contributed by atoms with E-state index in [-0.39, 0.29) is 6.61 Å². The molecule has 1 aromatic heterocycles. The molecule has 4 nitrogen and oxygen atoms in total. The molecule has 2 aromatic carbocycles. The van der Waals surface area contributed by atoms with Crippen LogP contribution >= 0.6 is 0 Å². The Hall–Kier alpha value is -2.80. The molecule has 0 unspecified atom stereocenters. The van der Waals surface area contributed by atoms with E-state index in [0.29, 0.717) is 17.9 Å². The van der Waals surface area contributed by atoms with Crippen LogP contribution in [0, 0.1) is 13.8 Å². The molecule has 0 saturated carbocycles. The number of anilines is 2. The average molecular weight is 375 g/mol. The predicted molar refractivity (Wildman–Crippen MR) is 98.9 cm³/mol. The van der Waals surface area contributed by atoms with Gasteiger partial charge in [-0.15, -0.1) is 0 Å². The Kier molecular flexibility index (Phi) is 5.23. The first-order valence-electron chi connectivity index (χ1n) is 8.50. The van der Waals surface area contributed by atoms with Crippen LogP contribution in [0.1, 0.15) is 17.0 Å². The highest BCUT2D eigenvalue weighted by Gasteiger charge is 2.30. The Balaban J connectivity index is 2.01. The molecule has 3 rings (SSSR count). The van der Waals surface area contributed by atoms with Crippen molar-refractivity contribution in [3.63, 3.8) is 0 Å². The fourth-order valence-corrected chi connectivity index (χ4v) is 3.14. The summed E-state index contributed by atoms with van der Waals surface area (Å²) in [5, 5.41) is 16.7. The van der Waals surface area contributed by atoms with Crippen molar-refractivity contribution in [2.75, 3.05) is 11.9 Å². The molecule has 0 radical (unpaired) electrons. The van der Waals surface area contributed by atoms with Crippen LogP contribution in [0.15, 0.2) is 48.5 Å². The summed E-state index contributed by atoms with van der Waals surface area (Å²) in [6, 6.07) is 12.5. The molecule has 0 aliphatic carbocycles. The lowest BCUT2D eigenvalue weighted by atomic mass is 10.0. The van der Waals surface area contributed by atoms with Crippen LogP contribution in [-0.2, 0) is 12.7 Å². The Morgan fingerprint density at radius 3 is 2.52 bits per heavy atom. The van der Waals surface area contributed by atoms with Gasteiger partial charge in [-0.1, -0.05) is 24.3 Å². The van der Waals surface area contributed by atoms with Gasteiger partial charge in [0.2, 0.25) is 0 Å². The summed E-state index contributed by atoms with van der Waals surface area (Å²) in [7, 11) is 0. The van der Waals surface area contributed by atoms with Crippen molar-refractivity contribution in [2.24, 2.45) is 0 Å². The summed E-state index contributed by atoms with van der Waals surface area (Å²) in [4.78, 5) is 0. The van der Waals surface area contributed by atoms with Crippen molar-refractivity contribution in [3.05, 3.63) is 65.5 Å². The van der Waals surface area contributed by atoms with Crippen LogP contribution in [0.25, 0.3) is 11.1 Å². The molecular formula is C20H20F3N3O. The van der Waals surface area contributed by atoms with E-state index in [1.165, 1.54) is 6.07 Å². The lowest BCUT2D eigenvalue weighted by molar-refractivity contribution is -0.137. The van der Waals surface area contributed by atoms with E-state index in [9.17, 15) is 18.3 Å². The fourth-order valence-electron chi connectivity index (χ4n) is 3.14. The van der Waals surface area contributed by atoms with Gasteiger partial charge in [-0.3, -0.25) is 4.68 Å². The van der Waals surface area contributed by atoms with Crippen molar-refractivity contribution in [3.8, 4) is 11.1 Å². The van der Waals surface area contributed by atoms with Crippen LogP contribution in [0.3, 0.4) is 0 Å². The molecule has 2 N–H and O–H groups in total. The van der Waals surface area contributed by atoms with E-state index < -0.39 is 11.7 Å². The van der Waals surface area contributed by atoms with Crippen molar-refractivity contribution < 1.29 is 18.3 Å². The van der Waals surface area contributed by atoms with Crippen molar-refractivity contribution in [1.82, 2.24) is 9.78 Å². The molecule has 0 atom stereocenters. The minimum absolute atomic E-state index is 0.0223. The first-order chi connectivity index (χ1) is 12.8. The summed E-state index contributed by atoms with van der Waals surface area (Å²) in [5.74, 6) is 0. The Morgan fingerprint density at radius 2 is 1.81 bits per heavy atom. The first kappa shape index (κ1) is 19.0. The average Bonchev–Trinajstić information content (AvgIpc) is 2.89. The van der Waals surface area contributed by atoms with E-state index in [4.69, 9.17) is 0 Å². The number of hydrogen-bond acceptors (Lipinski definition) is 3. The molecule has 0 amide bonds. The molecule has 0 saturated heterocycles. The molecule has 142 valence electrons. The molecule has 0 spiro atoms. The third kappa shape index (κ3) is 3.98. The van der Waals surface area contributed by atoms with E-state index >= 15 is 0 Å². The number of hydrogen-bond donors (Lipinski definition) is 2. The van der Waals surface area contributed by atoms with Crippen molar-refractivity contribution >= 4 is 11.4 Å². The number of aromatic nitrogens is 2. The lowest BCUT2D eigenvalue weighted by Gasteiger charge is -2.14. The molecule has 0 aliphatic rings. The molecule has 0 aliphatic heterocycles. The van der Waals surface area contributed by atoms with Crippen molar-refractivity contribution in [2.45, 2.75) is 26.6 Å². The SMILES string of the molecule is Cc1nn(CCO)c(C)c1-c1ccccc1Nc1cccc(C(F)(F)F)c1. The molecule has 0 bridgehead atoms. The normalized spacial score (nSPS) is 11.6. The van der Waals surface area contributed by atoms with Crippen LogP contribution < -0.4 is 5.32 Å². The number of rotatable bonds is 5. The number of halogens is 3. The van der Waals surface area contributed by atoms with E-state index in [0.717, 1.165) is 34.6 Å². The maximum Gasteiger partial charge on any atom is 0.416 e. The number of alkyl halides is 3. The maximum atomic E-state index is 13.0. The maximum absolute atomic E-state index is 13.0. The minimum atomic E-state index is -4.39. The second kappa shape index (κ2) is 7.44. The van der Waals surface area contributed by atoms with Gasteiger partial charge in [-0.2, -0.15) is 18.3 Å². The molecule has 0 fully saturated rings. The highest BCUT2D eigenvalue weighted by molar-refractivity contribution is 5.83. The Bertz CT molecular complexity index is 948. The van der Waals surface area contributed by atoms with Crippen LogP contribution in [0.2, 0.25) is 0 Å². The van der Waals surface area contributed by atoms with Gasteiger partial charge in [0.15, 0.2) is 0 Å². The summed E-state index contributed by atoms with van der Waals surface area (Å²) in [6.45, 7) is 4.14. The summed E-state index contributed by atoms with van der Waals surface area (Å²) in [6.07, 6.45) is -4.39. The fraction of sp³-hybridized carbons (Fsp3) is 0.250. The van der Waals surface area contributed by atoms with Gasteiger partial charge in [0, 0.05) is 28.2 Å². The van der Waals surface area contributed by atoms with E-state index in [2.05, 4.69) is 10.4 Å².